The fraction of sp³-hybridized carbons (Fsp3) is 0.438. The fourth-order valence-electron chi connectivity index (χ4n) is 2.84. The summed E-state index contributed by atoms with van der Waals surface area (Å²) in [6.07, 6.45) is 2.38. The van der Waals surface area contributed by atoms with Crippen molar-refractivity contribution >= 4 is 17.7 Å². The number of nitrogens with one attached hydrogen (secondary N) is 1. The Bertz CT molecular complexity index is 577. The fourth-order valence-corrected chi connectivity index (χ4v) is 2.84. The Morgan fingerprint density at radius 2 is 2.00 bits per heavy atom. The van der Waals surface area contributed by atoms with Crippen molar-refractivity contribution in [2.75, 3.05) is 44.7 Å². The van der Waals surface area contributed by atoms with Gasteiger partial charge in [0, 0.05) is 49.5 Å². The molecular weight excluding hydrogens is 269 g/mol. The van der Waals surface area contributed by atoms with Crippen LogP contribution in [0.1, 0.15) is 12.0 Å². The van der Waals surface area contributed by atoms with Crippen molar-refractivity contribution in [1.29, 1.82) is 0 Å². The van der Waals surface area contributed by atoms with Gasteiger partial charge in [-0.25, -0.2) is 4.39 Å². The number of carbonyl (C=O) groups excluding carboxylic acids is 1. The summed E-state index contributed by atoms with van der Waals surface area (Å²) in [7, 11) is 2.09. The maximum atomic E-state index is 14.2. The zero-order chi connectivity index (χ0) is 14.8. The van der Waals surface area contributed by atoms with Crippen molar-refractivity contribution in [1.82, 2.24) is 10.2 Å². The highest BCUT2D eigenvalue weighted by atomic mass is 19.1. The number of amides is 1. The highest BCUT2D eigenvalue weighted by Gasteiger charge is 2.21. The number of benzene rings is 1. The van der Waals surface area contributed by atoms with Gasteiger partial charge in [-0.1, -0.05) is 6.07 Å². The molecule has 112 valence electrons. The zero-order valence-electron chi connectivity index (χ0n) is 12.2. The molecule has 0 saturated carbocycles. The van der Waals surface area contributed by atoms with E-state index in [-0.39, 0.29) is 11.7 Å². The van der Waals surface area contributed by atoms with Crippen molar-refractivity contribution in [2.24, 2.45) is 0 Å². The van der Waals surface area contributed by atoms with Gasteiger partial charge in [-0.15, -0.1) is 0 Å². The number of hydrogen-bond donors (Lipinski definition) is 1. The number of piperazine rings is 1. The summed E-state index contributed by atoms with van der Waals surface area (Å²) in [6, 6.07) is 5.13. The van der Waals surface area contributed by atoms with Crippen LogP contribution in [0, 0.1) is 5.82 Å². The molecule has 2 aliphatic heterocycles. The van der Waals surface area contributed by atoms with Crippen LogP contribution in [0.5, 0.6) is 0 Å². The minimum atomic E-state index is -0.265. The SMILES string of the molecule is CN1CCN(c2cccc(F)c2C=C2CCNC2=O)CC1. The van der Waals surface area contributed by atoms with E-state index in [2.05, 4.69) is 22.2 Å². The molecule has 0 spiro atoms. The van der Waals surface area contributed by atoms with Crippen LogP contribution in [0.3, 0.4) is 0 Å². The highest BCUT2D eigenvalue weighted by molar-refractivity contribution is 6.00. The number of carbonyl (C=O) groups is 1. The monoisotopic (exact) mass is 289 g/mol. The van der Waals surface area contributed by atoms with Crippen LogP contribution in [0.25, 0.3) is 6.08 Å². The minimum Gasteiger partial charge on any atom is -0.368 e. The molecule has 0 aliphatic carbocycles. The van der Waals surface area contributed by atoms with E-state index < -0.39 is 0 Å². The Morgan fingerprint density at radius 3 is 2.67 bits per heavy atom. The standard InChI is InChI=1S/C16H20FN3O/c1-19-7-9-20(10-8-19)15-4-2-3-14(17)13(15)11-12-5-6-18-16(12)21/h2-4,11H,5-10H2,1H3,(H,18,21). The molecule has 1 N–H and O–H groups in total. The van der Waals surface area contributed by atoms with E-state index in [0.717, 1.165) is 31.9 Å². The predicted molar refractivity (Wildman–Crippen MR) is 81.7 cm³/mol. The number of likely N-dealkylation sites (N-methyl/N-ethyl adjacent to an activating group) is 1. The highest BCUT2D eigenvalue weighted by Crippen LogP contribution is 2.28. The van der Waals surface area contributed by atoms with E-state index >= 15 is 0 Å². The number of halogens is 1. The van der Waals surface area contributed by atoms with E-state index in [1.165, 1.54) is 6.07 Å². The van der Waals surface area contributed by atoms with Crippen LogP contribution < -0.4 is 10.2 Å². The lowest BCUT2D eigenvalue weighted by Crippen LogP contribution is -2.44. The molecule has 0 radical (unpaired) electrons. The normalized spacial score (nSPS) is 21.9. The van der Waals surface area contributed by atoms with Gasteiger partial charge >= 0.3 is 0 Å². The van der Waals surface area contributed by atoms with E-state index in [1.54, 1.807) is 12.1 Å². The third-order valence-electron chi connectivity index (χ3n) is 4.16. The second-order valence-corrected chi connectivity index (χ2v) is 5.64. The largest absolute Gasteiger partial charge is 0.368 e. The molecule has 2 saturated heterocycles. The maximum Gasteiger partial charge on any atom is 0.247 e. The molecule has 1 aromatic carbocycles. The van der Waals surface area contributed by atoms with E-state index in [4.69, 9.17) is 0 Å². The van der Waals surface area contributed by atoms with E-state index in [1.807, 2.05) is 6.07 Å². The van der Waals surface area contributed by atoms with Gasteiger partial charge in [0.05, 0.1) is 0 Å². The van der Waals surface area contributed by atoms with Crippen LogP contribution in [0.4, 0.5) is 10.1 Å². The minimum absolute atomic E-state index is 0.0809. The third-order valence-corrected chi connectivity index (χ3v) is 4.16. The van der Waals surface area contributed by atoms with Crippen LogP contribution in [-0.2, 0) is 4.79 Å². The summed E-state index contributed by atoms with van der Waals surface area (Å²) in [5, 5.41) is 2.76. The molecule has 21 heavy (non-hydrogen) atoms. The first kappa shape index (κ1) is 14.1. The maximum absolute atomic E-state index is 14.2. The van der Waals surface area contributed by atoms with Crippen molar-refractivity contribution in [2.45, 2.75) is 6.42 Å². The quantitative estimate of drug-likeness (QED) is 0.838. The van der Waals surface area contributed by atoms with Crippen molar-refractivity contribution < 1.29 is 9.18 Å². The van der Waals surface area contributed by atoms with Gasteiger partial charge in [0.15, 0.2) is 0 Å². The lowest BCUT2D eigenvalue weighted by molar-refractivity contribution is -0.116. The molecule has 1 amide bonds. The molecule has 4 nitrogen and oxygen atoms in total. The summed E-state index contributed by atoms with van der Waals surface area (Å²) in [6.45, 7) is 4.33. The number of rotatable bonds is 2. The zero-order valence-corrected chi connectivity index (χ0v) is 12.2. The number of nitrogens with zero attached hydrogens (tertiary/aromatic N) is 2. The molecule has 0 aromatic heterocycles. The summed E-state index contributed by atoms with van der Waals surface area (Å²) in [5.74, 6) is -0.346. The second kappa shape index (κ2) is 5.85. The van der Waals surface area contributed by atoms with Gasteiger partial charge in [-0.05, 0) is 31.7 Å². The molecular formula is C16H20FN3O. The Morgan fingerprint density at radius 1 is 1.24 bits per heavy atom. The van der Waals surface area contributed by atoms with Crippen LogP contribution in [0.15, 0.2) is 23.8 Å². The molecule has 0 bridgehead atoms. The lowest BCUT2D eigenvalue weighted by atomic mass is 10.1. The Kier molecular flexibility index (Phi) is 3.92. The molecule has 0 atom stereocenters. The molecule has 5 heteroatoms. The molecule has 2 aliphatic rings. The summed E-state index contributed by atoms with van der Waals surface area (Å²) in [5.41, 5.74) is 2.08. The van der Waals surface area contributed by atoms with E-state index in [9.17, 15) is 9.18 Å². The van der Waals surface area contributed by atoms with Crippen LogP contribution in [-0.4, -0.2) is 50.6 Å². The van der Waals surface area contributed by atoms with Gasteiger partial charge in [-0.2, -0.15) is 0 Å². The Hall–Kier alpha value is -1.88. The summed E-state index contributed by atoms with van der Waals surface area (Å²) >= 11 is 0. The molecule has 0 unspecified atom stereocenters. The first-order valence-electron chi connectivity index (χ1n) is 7.36. The third kappa shape index (κ3) is 2.93. The molecule has 1 aromatic rings. The first-order valence-corrected chi connectivity index (χ1v) is 7.36. The van der Waals surface area contributed by atoms with Gasteiger partial charge in [-0.3, -0.25) is 4.79 Å². The van der Waals surface area contributed by atoms with Gasteiger partial charge in [0.25, 0.3) is 0 Å². The smallest absolute Gasteiger partial charge is 0.247 e. The van der Waals surface area contributed by atoms with Crippen LogP contribution >= 0.6 is 0 Å². The van der Waals surface area contributed by atoms with Crippen molar-refractivity contribution in [3.8, 4) is 0 Å². The average Bonchev–Trinajstić information content (AvgIpc) is 2.88. The van der Waals surface area contributed by atoms with Gasteiger partial charge in [0.2, 0.25) is 5.91 Å². The van der Waals surface area contributed by atoms with E-state index in [0.29, 0.717) is 24.1 Å². The Labute approximate surface area is 124 Å². The van der Waals surface area contributed by atoms with Crippen LogP contribution in [0.2, 0.25) is 0 Å². The average molecular weight is 289 g/mol. The molecule has 2 fully saturated rings. The molecule has 3 rings (SSSR count). The number of hydrogen-bond acceptors (Lipinski definition) is 3. The predicted octanol–water partition coefficient (Wildman–Crippen LogP) is 1.48. The second-order valence-electron chi connectivity index (χ2n) is 5.64. The Balaban J connectivity index is 1.94. The molecule has 2 heterocycles. The lowest BCUT2D eigenvalue weighted by Gasteiger charge is -2.35. The summed E-state index contributed by atoms with van der Waals surface area (Å²) in [4.78, 5) is 16.2. The summed E-state index contributed by atoms with van der Waals surface area (Å²) < 4.78 is 14.2. The van der Waals surface area contributed by atoms with Crippen molar-refractivity contribution in [3.05, 3.63) is 35.2 Å². The van der Waals surface area contributed by atoms with Crippen molar-refractivity contribution in [3.63, 3.8) is 0 Å². The van der Waals surface area contributed by atoms with Gasteiger partial charge < -0.3 is 15.1 Å². The number of anilines is 1. The van der Waals surface area contributed by atoms with Gasteiger partial charge in [0.1, 0.15) is 5.82 Å². The first-order chi connectivity index (χ1) is 10.1. The topological polar surface area (TPSA) is 35.6 Å².